The van der Waals surface area contributed by atoms with E-state index in [1.54, 1.807) is 18.2 Å². The lowest BCUT2D eigenvalue weighted by Gasteiger charge is -2.22. The molecule has 1 aromatic rings. The summed E-state index contributed by atoms with van der Waals surface area (Å²) in [6.07, 6.45) is 7.76. The minimum Gasteiger partial charge on any atom is -0.478 e. The van der Waals surface area contributed by atoms with Crippen LogP contribution in [0.15, 0.2) is 18.2 Å². The van der Waals surface area contributed by atoms with Gasteiger partial charge in [0.2, 0.25) is 0 Å². The molecule has 2 rings (SSSR count). The molecule has 4 heteroatoms. The van der Waals surface area contributed by atoms with Crippen LogP contribution in [0.5, 0.6) is 0 Å². The molecule has 0 radical (unpaired) electrons. The van der Waals surface area contributed by atoms with Crippen molar-refractivity contribution in [2.75, 3.05) is 17.6 Å². The van der Waals surface area contributed by atoms with Gasteiger partial charge in [-0.2, -0.15) is 0 Å². The first-order chi connectivity index (χ1) is 9.16. The van der Waals surface area contributed by atoms with Gasteiger partial charge in [0.25, 0.3) is 0 Å². The summed E-state index contributed by atoms with van der Waals surface area (Å²) >= 11 is 0. The zero-order chi connectivity index (χ0) is 13.7. The Balaban J connectivity index is 1.91. The Labute approximate surface area is 114 Å². The van der Waals surface area contributed by atoms with Crippen molar-refractivity contribution in [2.45, 2.75) is 38.5 Å². The summed E-state index contributed by atoms with van der Waals surface area (Å²) in [5.74, 6) is -0.129. The van der Waals surface area contributed by atoms with Gasteiger partial charge in [0.1, 0.15) is 0 Å². The first-order valence-electron chi connectivity index (χ1n) is 7.03. The van der Waals surface area contributed by atoms with Crippen LogP contribution in [-0.4, -0.2) is 17.6 Å². The molecule has 1 aromatic carbocycles. The third kappa shape index (κ3) is 3.88. The van der Waals surface area contributed by atoms with E-state index in [9.17, 15) is 4.79 Å². The molecular weight excluding hydrogens is 240 g/mol. The molecule has 1 fully saturated rings. The maximum Gasteiger partial charge on any atom is 0.337 e. The van der Waals surface area contributed by atoms with E-state index in [4.69, 9.17) is 10.8 Å². The number of carboxylic acids is 1. The molecule has 4 N–H and O–H groups in total. The van der Waals surface area contributed by atoms with E-state index < -0.39 is 5.97 Å². The van der Waals surface area contributed by atoms with E-state index in [0.29, 0.717) is 11.4 Å². The molecule has 0 bridgehead atoms. The zero-order valence-corrected chi connectivity index (χ0v) is 11.2. The monoisotopic (exact) mass is 262 g/mol. The molecule has 104 valence electrons. The smallest absolute Gasteiger partial charge is 0.337 e. The molecule has 0 heterocycles. The maximum absolute atomic E-state index is 11.1. The Bertz CT molecular complexity index is 440. The predicted octanol–water partition coefficient (Wildman–Crippen LogP) is 3.35. The van der Waals surface area contributed by atoms with Crippen LogP contribution in [0.25, 0.3) is 0 Å². The largest absolute Gasteiger partial charge is 0.478 e. The van der Waals surface area contributed by atoms with Gasteiger partial charge in [-0.15, -0.1) is 0 Å². The van der Waals surface area contributed by atoms with Crippen molar-refractivity contribution in [2.24, 2.45) is 5.92 Å². The summed E-state index contributed by atoms with van der Waals surface area (Å²) in [6.45, 7) is 0.814. The standard InChI is InChI=1S/C15H22N2O2/c16-12-6-7-13(15(18)19)14(10-12)17-9-8-11-4-2-1-3-5-11/h6-7,10-11,17H,1-5,8-9,16H2,(H,18,19). The number of anilines is 2. The molecule has 0 atom stereocenters. The van der Waals surface area contributed by atoms with Crippen molar-refractivity contribution in [3.05, 3.63) is 23.8 Å². The summed E-state index contributed by atoms with van der Waals surface area (Å²) in [7, 11) is 0. The average Bonchev–Trinajstić information content (AvgIpc) is 2.39. The van der Waals surface area contributed by atoms with Gasteiger partial charge < -0.3 is 16.2 Å². The molecule has 0 spiro atoms. The number of nitrogens with one attached hydrogen (secondary N) is 1. The van der Waals surface area contributed by atoms with Gasteiger partial charge in [-0.25, -0.2) is 4.79 Å². The van der Waals surface area contributed by atoms with E-state index in [-0.39, 0.29) is 5.56 Å². The SMILES string of the molecule is Nc1ccc(C(=O)O)c(NCCC2CCCCC2)c1. The Morgan fingerprint density at radius 2 is 2.05 bits per heavy atom. The van der Waals surface area contributed by atoms with Gasteiger partial charge in [-0.3, -0.25) is 0 Å². The fourth-order valence-electron chi connectivity index (χ4n) is 2.78. The molecule has 0 aromatic heterocycles. The molecule has 0 aliphatic heterocycles. The summed E-state index contributed by atoms with van der Waals surface area (Å²) in [4.78, 5) is 11.1. The second kappa shape index (κ2) is 6.45. The maximum atomic E-state index is 11.1. The van der Waals surface area contributed by atoms with Crippen LogP contribution >= 0.6 is 0 Å². The van der Waals surface area contributed by atoms with Crippen LogP contribution in [0.3, 0.4) is 0 Å². The van der Waals surface area contributed by atoms with Crippen molar-refractivity contribution < 1.29 is 9.90 Å². The molecule has 1 saturated carbocycles. The second-order valence-electron chi connectivity index (χ2n) is 5.33. The van der Waals surface area contributed by atoms with Crippen molar-refractivity contribution in [3.8, 4) is 0 Å². The van der Waals surface area contributed by atoms with E-state index in [2.05, 4.69) is 5.32 Å². The van der Waals surface area contributed by atoms with E-state index >= 15 is 0 Å². The van der Waals surface area contributed by atoms with Crippen LogP contribution in [0.4, 0.5) is 11.4 Å². The average molecular weight is 262 g/mol. The number of benzene rings is 1. The number of carbonyl (C=O) groups is 1. The molecule has 0 unspecified atom stereocenters. The summed E-state index contributed by atoms with van der Waals surface area (Å²) in [6, 6.07) is 4.88. The van der Waals surface area contributed by atoms with Crippen molar-refractivity contribution in [1.82, 2.24) is 0 Å². The van der Waals surface area contributed by atoms with Gasteiger partial charge in [0.05, 0.1) is 11.3 Å². The molecule has 1 aliphatic carbocycles. The number of nitrogens with two attached hydrogens (primary N) is 1. The van der Waals surface area contributed by atoms with Gasteiger partial charge in [-0.1, -0.05) is 32.1 Å². The summed E-state index contributed by atoms with van der Waals surface area (Å²) in [5.41, 5.74) is 7.22. The lowest BCUT2D eigenvalue weighted by Crippen LogP contribution is -2.14. The van der Waals surface area contributed by atoms with Gasteiger partial charge in [0, 0.05) is 12.2 Å². The van der Waals surface area contributed by atoms with Crippen LogP contribution in [0.2, 0.25) is 0 Å². The Morgan fingerprint density at radius 3 is 2.74 bits per heavy atom. The number of nitrogen functional groups attached to an aromatic ring is 1. The highest BCUT2D eigenvalue weighted by atomic mass is 16.4. The van der Waals surface area contributed by atoms with Crippen LogP contribution < -0.4 is 11.1 Å². The van der Waals surface area contributed by atoms with Gasteiger partial charge in [0.15, 0.2) is 0 Å². The molecule has 4 nitrogen and oxygen atoms in total. The highest BCUT2D eigenvalue weighted by Crippen LogP contribution is 2.26. The molecule has 0 amide bonds. The number of aromatic carboxylic acids is 1. The van der Waals surface area contributed by atoms with E-state index in [1.807, 2.05) is 0 Å². The lowest BCUT2D eigenvalue weighted by molar-refractivity contribution is 0.0698. The van der Waals surface area contributed by atoms with Crippen molar-refractivity contribution in [1.29, 1.82) is 0 Å². The van der Waals surface area contributed by atoms with E-state index in [0.717, 1.165) is 18.9 Å². The first kappa shape index (κ1) is 13.7. The normalized spacial score (nSPS) is 16.2. The first-order valence-corrected chi connectivity index (χ1v) is 7.03. The highest BCUT2D eigenvalue weighted by molar-refractivity contribution is 5.95. The Kier molecular flexibility index (Phi) is 4.66. The number of carboxylic acid groups (broad SMARTS) is 1. The molecule has 19 heavy (non-hydrogen) atoms. The molecular formula is C15H22N2O2. The minimum atomic E-state index is -0.917. The summed E-state index contributed by atoms with van der Waals surface area (Å²) in [5, 5.41) is 12.3. The lowest BCUT2D eigenvalue weighted by atomic mass is 9.87. The predicted molar refractivity (Wildman–Crippen MR) is 77.5 cm³/mol. The van der Waals surface area contributed by atoms with Crippen LogP contribution in [0.1, 0.15) is 48.9 Å². The topological polar surface area (TPSA) is 75.4 Å². The third-order valence-electron chi connectivity index (χ3n) is 3.87. The Morgan fingerprint density at radius 1 is 1.32 bits per heavy atom. The quantitative estimate of drug-likeness (QED) is 0.711. The number of rotatable bonds is 5. The zero-order valence-electron chi connectivity index (χ0n) is 11.2. The Hall–Kier alpha value is -1.71. The fourth-order valence-corrected chi connectivity index (χ4v) is 2.78. The fraction of sp³-hybridized carbons (Fsp3) is 0.533. The van der Waals surface area contributed by atoms with E-state index in [1.165, 1.54) is 32.1 Å². The van der Waals surface area contributed by atoms with Crippen molar-refractivity contribution >= 4 is 17.3 Å². The molecule has 1 aliphatic rings. The summed E-state index contributed by atoms with van der Waals surface area (Å²) < 4.78 is 0. The van der Waals surface area contributed by atoms with Crippen LogP contribution in [-0.2, 0) is 0 Å². The van der Waals surface area contributed by atoms with Crippen LogP contribution in [0, 0.1) is 5.92 Å². The minimum absolute atomic E-state index is 0.290. The van der Waals surface area contributed by atoms with Gasteiger partial charge >= 0.3 is 5.97 Å². The molecule has 0 saturated heterocycles. The number of hydrogen-bond donors (Lipinski definition) is 3. The second-order valence-corrected chi connectivity index (χ2v) is 5.33. The highest BCUT2D eigenvalue weighted by Gasteiger charge is 2.14. The third-order valence-corrected chi connectivity index (χ3v) is 3.87. The number of hydrogen-bond acceptors (Lipinski definition) is 3. The van der Waals surface area contributed by atoms with Gasteiger partial charge in [-0.05, 0) is 30.5 Å². The van der Waals surface area contributed by atoms with Crippen molar-refractivity contribution in [3.63, 3.8) is 0 Å².